The van der Waals surface area contributed by atoms with E-state index < -0.39 is 0 Å². The highest BCUT2D eigenvalue weighted by atomic mass is 16.1. The van der Waals surface area contributed by atoms with E-state index in [-0.39, 0.29) is 5.91 Å². The van der Waals surface area contributed by atoms with E-state index in [2.05, 4.69) is 46.5 Å². The fourth-order valence-electron chi connectivity index (χ4n) is 3.16. The summed E-state index contributed by atoms with van der Waals surface area (Å²) in [5.41, 5.74) is 9.81. The average Bonchev–Trinajstić information content (AvgIpc) is 3.16. The molecule has 3 aromatic rings. The summed E-state index contributed by atoms with van der Waals surface area (Å²) in [5, 5.41) is 4.12. The van der Waals surface area contributed by atoms with Crippen molar-refractivity contribution in [2.24, 2.45) is 5.73 Å². The zero-order valence-electron chi connectivity index (χ0n) is 15.9. The highest BCUT2D eigenvalue weighted by molar-refractivity contribution is 5.97. The van der Waals surface area contributed by atoms with Crippen LogP contribution >= 0.6 is 0 Å². The van der Waals surface area contributed by atoms with Crippen molar-refractivity contribution in [1.82, 2.24) is 15.2 Å². The van der Waals surface area contributed by atoms with Gasteiger partial charge in [0.05, 0.1) is 0 Å². The molecule has 0 spiro atoms. The maximum atomic E-state index is 12.3. The number of amides is 1. The number of H-pyrrole nitrogens is 1. The number of benzene rings is 2. The second kappa shape index (κ2) is 9.35. The van der Waals surface area contributed by atoms with Gasteiger partial charge < -0.3 is 20.9 Å². The molecule has 1 heterocycles. The lowest BCUT2D eigenvalue weighted by molar-refractivity contribution is 0.0950. The molecule has 5 heteroatoms. The number of aromatic amines is 1. The number of nitrogens with zero attached hydrogens (tertiary/aromatic N) is 1. The van der Waals surface area contributed by atoms with Crippen molar-refractivity contribution in [3.05, 3.63) is 71.4 Å². The molecule has 0 aliphatic rings. The standard InChI is InChI=1S/C22H28N4O/c1-26(13-2-3-17-4-6-18(16-23)7-5-17)14-12-25-22(27)20-9-8-19-10-11-24-21(19)15-20/h4-11,15,24H,2-3,12-14,16,23H2,1H3,(H,25,27). The number of hydrogen-bond donors (Lipinski definition) is 3. The smallest absolute Gasteiger partial charge is 0.251 e. The molecule has 2 aromatic carbocycles. The van der Waals surface area contributed by atoms with Crippen LogP contribution < -0.4 is 11.1 Å². The molecule has 0 atom stereocenters. The number of hydrogen-bond acceptors (Lipinski definition) is 3. The molecule has 1 amide bonds. The minimum Gasteiger partial charge on any atom is -0.361 e. The van der Waals surface area contributed by atoms with Gasteiger partial charge in [-0.2, -0.15) is 0 Å². The lowest BCUT2D eigenvalue weighted by Crippen LogP contribution is -2.33. The number of likely N-dealkylation sites (N-methyl/N-ethyl adjacent to an activating group) is 1. The van der Waals surface area contributed by atoms with Gasteiger partial charge in [0.1, 0.15) is 0 Å². The summed E-state index contributed by atoms with van der Waals surface area (Å²) < 4.78 is 0. The van der Waals surface area contributed by atoms with Gasteiger partial charge in [0.15, 0.2) is 0 Å². The molecule has 5 nitrogen and oxygen atoms in total. The molecular formula is C22H28N4O. The van der Waals surface area contributed by atoms with E-state index in [4.69, 9.17) is 5.73 Å². The molecule has 142 valence electrons. The Morgan fingerprint density at radius 2 is 1.85 bits per heavy atom. The first-order chi connectivity index (χ1) is 13.2. The summed E-state index contributed by atoms with van der Waals surface area (Å²) in [5.74, 6) is -0.0279. The molecule has 4 N–H and O–H groups in total. The van der Waals surface area contributed by atoms with E-state index in [1.165, 1.54) is 11.1 Å². The van der Waals surface area contributed by atoms with Crippen molar-refractivity contribution >= 4 is 16.8 Å². The van der Waals surface area contributed by atoms with Crippen molar-refractivity contribution in [3.8, 4) is 0 Å². The van der Waals surface area contributed by atoms with Crippen LogP contribution in [0.3, 0.4) is 0 Å². The average molecular weight is 364 g/mol. The SMILES string of the molecule is CN(CCCc1ccc(CN)cc1)CCNC(=O)c1ccc2cc[nH]c2c1. The predicted molar refractivity (Wildman–Crippen MR) is 111 cm³/mol. The van der Waals surface area contributed by atoms with Gasteiger partial charge in [0, 0.05) is 36.9 Å². The van der Waals surface area contributed by atoms with E-state index >= 15 is 0 Å². The van der Waals surface area contributed by atoms with Gasteiger partial charge in [-0.25, -0.2) is 0 Å². The summed E-state index contributed by atoms with van der Waals surface area (Å²) in [7, 11) is 2.09. The first-order valence-corrected chi connectivity index (χ1v) is 9.47. The van der Waals surface area contributed by atoms with Crippen molar-refractivity contribution in [1.29, 1.82) is 0 Å². The molecule has 0 saturated carbocycles. The largest absolute Gasteiger partial charge is 0.361 e. The van der Waals surface area contributed by atoms with E-state index in [0.717, 1.165) is 36.8 Å². The normalized spacial score (nSPS) is 11.2. The second-order valence-electron chi connectivity index (χ2n) is 6.96. The molecular weight excluding hydrogens is 336 g/mol. The number of rotatable bonds is 9. The Hall–Kier alpha value is -2.63. The lowest BCUT2D eigenvalue weighted by atomic mass is 10.1. The minimum absolute atomic E-state index is 0.0279. The molecule has 3 rings (SSSR count). The maximum Gasteiger partial charge on any atom is 0.251 e. The Morgan fingerprint density at radius 3 is 2.63 bits per heavy atom. The summed E-state index contributed by atoms with van der Waals surface area (Å²) in [6.07, 6.45) is 4.03. The van der Waals surface area contributed by atoms with E-state index in [1.807, 2.05) is 30.5 Å². The number of carbonyl (C=O) groups is 1. The molecule has 0 radical (unpaired) electrons. The van der Waals surface area contributed by atoms with Crippen LogP contribution in [0.2, 0.25) is 0 Å². The van der Waals surface area contributed by atoms with Gasteiger partial charge in [-0.05, 0) is 61.1 Å². The Balaban J connectivity index is 1.35. The monoisotopic (exact) mass is 364 g/mol. The molecule has 0 bridgehead atoms. The minimum atomic E-state index is -0.0279. The predicted octanol–water partition coefficient (Wildman–Crippen LogP) is 2.92. The third kappa shape index (κ3) is 5.42. The summed E-state index contributed by atoms with van der Waals surface area (Å²) in [4.78, 5) is 17.7. The zero-order valence-corrected chi connectivity index (χ0v) is 15.9. The molecule has 0 unspecified atom stereocenters. The van der Waals surface area contributed by atoms with Crippen LogP contribution in [-0.4, -0.2) is 42.5 Å². The van der Waals surface area contributed by atoms with Crippen molar-refractivity contribution in [3.63, 3.8) is 0 Å². The molecule has 27 heavy (non-hydrogen) atoms. The summed E-state index contributed by atoms with van der Waals surface area (Å²) in [6.45, 7) is 3.07. The first-order valence-electron chi connectivity index (χ1n) is 9.47. The quantitative estimate of drug-likeness (QED) is 0.546. The van der Waals surface area contributed by atoms with Crippen LogP contribution in [0.15, 0.2) is 54.7 Å². The molecule has 1 aromatic heterocycles. The van der Waals surface area contributed by atoms with Crippen LogP contribution in [-0.2, 0) is 13.0 Å². The fraction of sp³-hybridized carbons (Fsp3) is 0.318. The molecule has 0 aliphatic carbocycles. The van der Waals surface area contributed by atoms with Crippen LogP contribution in [0.1, 0.15) is 27.9 Å². The Morgan fingerprint density at radius 1 is 1.07 bits per heavy atom. The topological polar surface area (TPSA) is 74.2 Å². The van der Waals surface area contributed by atoms with Gasteiger partial charge in [-0.1, -0.05) is 30.3 Å². The van der Waals surface area contributed by atoms with Crippen LogP contribution in [0, 0.1) is 0 Å². The third-order valence-corrected chi connectivity index (χ3v) is 4.86. The number of nitrogens with one attached hydrogen (secondary N) is 2. The van der Waals surface area contributed by atoms with Gasteiger partial charge in [-0.3, -0.25) is 4.79 Å². The van der Waals surface area contributed by atoms with E-state index in [1.54, 1.807) is 0 Å². The highest BCUT2D eigenvalue weighted by Gasteiger charge is 2.07. The van der Waals surface area contributed by atoms with Gasteiger partial charge in [0.25, 0.3) is 5.91 Å². The molecule has 0 saturated heterocycles. The number of nitrogens with two attached hydrogens (primary N) is 1. The highest BCUT2D eigenvalue weighted by Crippen LogP contribution is 2.14. The van der Waals surface area contributed by atoms with Crippen LogP contribution in [0.25, 0.3) is 10.9 Å². The number of carbonyl (C=O) groups excluding carboxylic acids is 1. The molecule has 0 fully saturated rings. The summed E-state index contributed by atoms with van der Waals surface area (Å²) >= 11 is 0. The lowest BCUT2D eigenvalue weighted by Gasteiger charge is -2.17. The first kappa shape index (κ1) is 19.1. The zero-order chi connectivity index (χ0) is 19.1. The Bertz CT molecular complexity index is 869. The van der Waals surface area contributed by atoms with Crippen molar-refractivity contribution in [2.75, 3.05) is 26.7 Å². The van der Waals surface area contributed by atoms with E-state index in [9.17, 15) is 4.79 Å². The van der Waals surface area contributed by atoms with E-state index in [0.29, 0.717) is 18.7 Å². The second-order valence-corrected chi connectivity index (χ2v) is 6.96. The van der Waals surface area contributed by atoms with Crippen LogP contribution in [0.4, 0.5) is 0 Å². The van der Waals surface area contributed by atoms with Gasteiger partial charge in [-0.15, -0.1) is 0 Å². The Labute approximate surface area is 160 Å². The molecule has 0 aliphatic heterocycles. The van der Waals surface area contributed by atoms with Crippen molar-refractivity contribution < 1.29 is 4.79 Å². The maximum absolute atomic E-state index is 12.3. The number of aromatic nitrogens is 1. The number of aryl methyl sites for hydroxylation is 1. The van der Waals surface area contributed by atoms with Crippen molar-refractivity contribution in [2.45, 2.75) is 19.4 Å². The summed E-state index contributed by atoms with van der Waals surface area (Å²) in [6, 6.07) is 16.2. The number of fused-ring (bicyclic) bond motifs is 1. The Kier molecular flexibility index (Phi) is 6.63. The van der Waals surface area contributed by atoms with Gasteiger partial charge >= 0.3 is 0 Å². The van der Waals surface area contributed by atoms with Gasteiger partial charge in [0.2, 0.25) is 0 Å². The van der Waals surface area contributed by atoms with Crippen LogP contribution in [0.5, 0.6) is 0 Å². The third-order valence-electron chi connectivity index (χ3n) is 4.86. The fourth-order valence-corrected chi connectivity index (χ4v) is 3.16.